The molecule has 5 nitrogen and oxygen atoms in total. The SMILES string of the molecule is CC(C)c1cc(-c2ccccc2)cc(C(C)C)c1-n1c(-c2[c-]ccc3c2oc2c3ccc3oc4ccccc4c32)nc2ccccc21.[2H]C(C)(C)c1cc(-c2[c-]cccc2)ncc1[Si](C)(C)C.[Ir]. The van der Waals surface area contributed by atoms with Gasteiger partial charge in [-0.25, -0.2) is 0 Å². The van der Waals surface area contributed by atoms with Crippen molar-refractivity contribution < 1.29 is 30.3 Å². The third kappa shape index (κ3) is 8.39. The second-order valence-corrected chi connectivity index (χ2v) is 24.2. The Kier molecular flexibility index (Phi) is 12.2. The van der Waals surface area contributed by atoms with Crippen LogP contribution in [0.25, 0.3) is 94.4 Å². The summed E-state index contributed by atoms with van der Waals surface area (Å²) in [6.07, 6.45) is 1.98. The van der Waals surface area contributed by atoms with Gasteiger partial charge in [0, 0.05) is 44.1 Å². The van der Waals surface area contributed by atoms with E-state index in [0.29, 0.717) is 0 Å². The van der Waals surface area contributed by atoms with Gasteiger partial charge in [0.05, 0.1) is 35.9 Å². The minimum Gasteiger partial charge on any atom is -0.500 e. The standard InChI is InChI=1S/C43H33N2O2.C17H22NSi.Ir/c1-25(2)33-23-28(27-13-6-5-7-14-27)24-34(26(3)4)40(33)45-36-19-10-9-18-35(36)44-43(45)32-17-12-16-29-30-21-22-38-39(42(30)47-41(29)32)31-15-8-11-20-37(31)46-38;1-13(2)15-11-16(14-9-7-6-8-10-14)18-12-17(15)19(3,4)5;/h5-16,18-26H,1-4H3;6-9,11-13H,1-5H3;/q2*-1;/i;13D;. The maximum atomic E-state index is 8.44. The molecule has 337 valence electrons. The Hall–Kier alpha value is -6.37. The molecule has 0 saturated heterocycles. The van der Waals surface area contributed by atoms with E-state index in [1.54, 1.807) is 0 Å². The molecule has 0 aliphatic rings. The number of imidazole rings is 1. The number of hydrogen-bond donors (Lipinski definition) is 0. The van der Waals surface area contributed by atoms with Crippen LogP contribution in [0.2, 0.25) is 19.6 Å². The number of aromatic nitrogens is 3. The van der Waals surface area contributed by atoms with Gasteiger partial charge in [-0.1, -0.05) is 144 Å². The maximum Gasteiger partial charge on any atom is 0.139 e. The van der Waals surface area contributed by atoms with Crippen LogP contribution >= 0.6 is 0 Å². The number of furan rings is 2. The van der Waals surface area contributed by atoms with Gasteiger partial charge >= 0.3 is 0 Å². The Morgan fingerprint density at radius 1 is 0.612 bits per heavy atom. The minimum absolute atomic E-state index is 0. The Balaban J connectivity index is 0.000000232. The first-order valence-corrected chi connectivity index (χ1v) is 26.5. The summed E-state index contributed by atoms with van der Waals surface area (Å²) >= 11 is 0. The molecule has 4 heterocycles. The Labute approximate surface area is 409 Å². The van der Waals surface area contributed by atoms with Crippen molar-refractivity contribution >= 4 is 68.2 Å². The normalized spacial score (nSPS) is 12.3. The molecule has 0 N–H and O–H groups in total. The van der Waals surface area contributed by atoms with E-state index in [2.05, 4.69) is 166 Å². The third-order valence-corrected chi connectivity index (χ3v) is 14.7. The molecule has 0 saturated carbocycles. The van der Waals surface area contributed by atoms with Crippen molar-refractivity contribution in [3.05, 3.63) is 181 Å². The zero-order valence-electron chi connectivity index (χ0n) is 40.6. The van der Waals surface area contributed by atoms with Crippen molar-refractivity contribution in [2.45, 2.75) is 78.9 Å². The molecular weight excluding hydrogens is 1010 g/mol. The van der Waals surface area contributed by atoms with Crippen LogP contribution in [0.15, 0.2) is 161 Å². The van der Waals surface area contributed by atoms with Crippen LogP contribution < -0.4 is 5.19 Å². The second kappa shape index (κ2) is 18.4. The van der Waals surface area contributed by atoms with Gasteiger partial charge in [0.1, 0.15) is 16.7 Å². The predicted octanol–water partition coefficient (Wildman–Crippen LogP) is 16.4. The molecular formula is C60H55IrN3O2Si-2. The van der Waals surface area contributed by atoms with Gasteiger partial charge in [-0.05, 0) is 93.3 Å². The largest absolute Gasteiger partial charge is 0.500 e. The fraction of sp³-hybridized carbons (Fsp3) is 0.200. The Bertz CT molecular complexity index is 3580. The molecule has 11 aromatic rings. The number of benzene rings is 7. The smallest absolute Gasteiger partial charge is 0.139 e. The van der Waals surface area contributed by atoms with Crippen molar-refractivity contribution in [1.82, 2.24) is 14.5 Å². The molecule has 0 spiro atoms. The fourth-order valence-corrected chi connectivity index (χ4v) is 11.0. The van der Waals surface area contributed by atoms with Crippen LogP contribution in [0.5, 0.6) is 0 Å². The molecule has 0 aliphatic carbocycles. The quantitative estimate of drug-likeness (QED) is 0.112. The van der Waals surface area contributed by atoms with Crippen LogP contribution in [-0.4, -0.2) is 22.6 Å². The summed E-state index contributed by atoms with van der Waals surface area (Å²) in [4.78, 5) is 9.93. The fourth-order valence-electron chi connectivity index (χ4n) is 9.38. The van der Waals surface area contributed by atoms with Crippen molar-refractivity contribution in [2.75, 3.05) is 0 Å². The first-order valence-electron chi connectivity index (χ1n) is 23.5. The third-order valence-electron chi connectivity index (χ3n) is 12.7. The van der Waals surface area contributed by atoms with Gasteiger partial charge in [0.25, 0.3) is 0 Å². The Morgan fingerprint density at radius 3 is 2.00 bits per heavy atom. The minimum atomic E-state index is -1.50. The van der Waals surface area contributed by atoms with E-state index < -0.39 is 14.0 Å². The van der Waals surface area contributed by atoms with E-state index in [1.807, 2.05) is 68.6 Å². The summed E-state index contributed by atoms with van der Waals surface area (Å²) in [5.74, 6) is 0.755. The van der Waals surface area contributed by atoms with Gasteiger partial charge in [-0.15, -0.1) is 54.1 Å². The average molecular weight is 1070 g/mol. The molecule has 0 aliphatic heterocycles. The summed E-state index contributed by atoms with van der Waals surface area (Å²) in [6, 6.07) is 56.9. The summed E-state index contributed by atoms with van der Waals surface area (Å²) in [7, 11) is -1.50. The van der Waals surface area contributed by atoms with E-state index in [-0.39, 0.29) is 31.9 Å². The number of pyridine rings is 1. The van der Waals surface area contributed by atoms with Crippen LogP contribution in [0.4, 0.5) is 0 Å². The van der Waals surface area contributed by atoms with E-state index in [0.717, 1.165) is 83.1 Å². The molecule has 7 heteroatoms. The predicted molar refractivity (Wildman–Crippen MR) is 279 cm³/mol. The average Bonchev–Trinajstić information content (AvgIpc) is 4.02. The van der Waals surface area contributed by atoms with E-state index >= 15 is 0 Å². The molecule has 11 rings (SSSR count). The topological polar surface area (TPSA) is 57.0 Å². The number of fused-ring (bicyclic) bond motifs is 8. The number of para-hydroxylation sites is 3. The molecule has 67 heavy (non-hydrogen) atoms. The van der Waals surface area contributed by atoms with Crippen LogP contribution in [0.3, 0.4) is 0 Å². The van der Waals surface area contributed by atoms with Crippen LogP contribution in [0, 0.1) is 12.1 Å². The van der Waals surface area contributed by atoms with Crippen LogP contribution in [-0.2, 0) is 20.1 Å². The summed E-state index contributed by atoms with van der Waals surface area (Å²) in [5, 5.41) is 5.40. The molecule has 0 unspecified atom stereocenters. The monoisotopic (exact) mass is 1070 g/mol. The van der Waals surface area contributed by atoms with Crippen molar-refractivity contribution in [2.24, 2.45) is 0 Å². The number of hydrogen-bond acceptors (Lipinski definition) is 4. The van der Waals surface area contributed by atoms with Crippen molar-refractivity contribution in [1.29, 1.82) is 0 Å². The molecule has 1 radical (unpaired) electrons. The van der Waals surface area contributed by atoms with Gasteiger partial charge in [-0.3, -0.25) is 4.98 Å². The van der Waals surface area contributed by atoms with E-state index in [4.69, 9.17) is 15.2 Å². The maximum absolute atomic E-state index is 8.44. The summed E-state index contributed by atoms with van der Waals surface area (Å²) in [5.41, 5.74) is 15.3. The van der Waals surface area contributed by atoms with Gasteiger partial charge in [0.2, 0.25) is 0 Å². The van der Waals surface area contributed by atoms with E-state index in [9.17, 15) is 0 Å². The van der Waals surface area contributed by atoms with Gasteiger partial charge in [0.15, 0.2) is 0 Å². The number of rotatable bonds is 8. The Morgan fingerprint density at radius 2 is 1.30 bits per heavy atom. The van der Waals surface area contributed by atoms with E-state index in [1.165, 1.54) is 33.1 Å². The van der Waals surface area contributed by atoms with Gasteiger partial charge in [-0.2, -0.15) is 0 Å². The molecule has 0 atom stereocenters. The second-order valence-electron chi connectivity index (χ2n) is 19.2. The molecule has 0 bridgehead atoms. The summed E-state index contributed by atoms with van der Waals surface area (Å²) < 4.78 is 23.9. The summed E-state index contributed by atoms with van der Waals surface area (Å²) in [6.45, 7) is 19.9. The van der Waals surface area contributed by atoms with Crippen molar-refractivity contribution in [3.8, 4) is 39.5 Å². The van der Waals surface area contributed by atoms with Crippen LogP contribution in [0.1, 0.15) is 77.3 Å². The molecule has 4 aromatic heterocycles. The van der Waals surface area contributed by atoms with Gasteiger partial charge < -0.3 is 18.4 Å². The first-order chi connectivity index (χ1) is 32.2. The zero-order valence-corrected chi connectivity index (χ0v) is 43.0. The zero-order chi connectivity index (χ0) is 46.8. The molecule has 0 fully saturated rings. The molecule has 0 amide bonds. The molecule has 7 aromatic carbocycles. The first kappa shape index (κ1) is 44.5. The van der Waals surface area contributed by atoms with Crippen molar-refractivity contribution in [3.63, 3.8) is 0 Å². The number of nitrogens with zero attached hydrogens (tertiary/aromatic N) is 3.